The molecular formula is C12H13ClFNO3S. The molecule has 19 heavy (non-hydrogen) atoms. The molecule has 1 heterocycles. The third-order valence-corrected chi connectivity index (χ3v) is 4.24. The van der Waals surface area contributed by atoms with Gasteiger partial charge in [-0.1, -0.05) is 12.1 Å². The summed E-state index contributed by atoms with van der Waals surface area (Å²) in [6, 6.07) is 5.99. The number of carbonyl (C=O) groups excluding carboxylic acids is 1. The van der Waals surface area contributed by atoms with E-state index in [1.807, 2.05) is 0 Å². The number of carbonyl (C=O) groups is 1. The van der Waals surface area contributed by atoms with Crippen molar-refractivity contribution in [3.63, 3.8) is 0 Å². The summed E-state index contributed by atoms with van der Waals surface area (Å²) >= 11 is 0. The Morgan fingerprint density at radius 1 is 1.42 bits per heavy atom. The molecule has 1 unspecified atom stereocenters. The maximum Gasteiger partial charge on any atom is 0.232 e. The zero-order valence-corrected chi connectivity index (χ0v) is 11.6. The van der Waals surface area contributed by atoms with E-state index in [1.54, 1.807) is 12.1 Å². The van der Waals surface area contributed by atoms with Crippen LogP contribution in [0.2, 0.25) is 0 Å². The first-order chi connectivity index (χ1) is 8.83. The summed E-state index contributed by atoms with van der Waals surface area (Å²) in [5.74, 6) is -0.984. The van der Waals surface area contributed by atoms with E-state index in [4.69, 9.17) is 10.7 Å². The van der Waals surface area contributed by atoms with Gasteiger partial charge in [0.2, 0.25) is 15.0 Å². The molecule has 0 aliphatic carbocycles. The highest BCUT2D eigenvalue weighted by atomic mass is 35.7. The molecule has 0 saturated carbocycles. The van der Waals surface area contributed by atoms with Crippen molar-refractivity contribution in [2.24, 2.45) is 5.92 Å². The number of halogens is 2. The fourth-order valence-electron chi connectivity index (χ4n) is 2.26. The second-order valence-electron chi connectivity index (χ2n) is 4.68. The van der Waals surface area contributed by atoms with Crippen molar-refractivity contribution in [3.8, 4) is 0 Å². The molecule has 4 nitrogen and oxygen atoms in total. The standard InChI is InChI=1S/C12H13ClFNO3S/c13-19(17,18)8-10-5-12(16)15(7-10)6-9-2-1-3-11(14)4-9/h1-4,10H,5-8H2. The third kappa shape index (κ3) is 4.18. The number of hydrogen-bond acceptors (Lipinski definition) is 3. The van der Waals surface area contributed by atoms with Gasteiger partial charge in [-0.15, -0.1) is 0 Å². The van der Waals surface area contributed by atoms with Crippen LogP contribution in [0.5, 0.6) is 0 Å². The molecule has 1 fully saturated rings. The van der Waals surface area contributed by atoms with Crippen LogP contribution in [0, 0.1) is 11.7 Å². The first kappa shape index (κ1) is 14.3. The van der Waals surface area contributed by atoms with Gasteiger partial charge < -0.3 is 4.90 Å². The van der Waals surface area contributed by atoms with Gasteiger partial charge in [-0.05, 0) is 17.7 Å². The highest BCUT2D eigenvalue weighted by molar-refractivity contribution is 8.13. The highest BCUT2D eigenvalue weighted by Crippen LogP contribution is 2.22. The Balaban J connectivity index is 2.01. The zero-order valence-electron chi connectivity index (χ0n) is 10.1. The Morgan fingerprint density at radius 2 is 2.16 bits per heavy atom. The van der Waals surface area contributed by atoms with Crippen LogP contribution >= 0.6 is 10.7 Å². The van der Waals surface area contributed by atoms with Crippen LogP contribution in [0.15, 0.2) is 24.3 Å². The highest BCUT2D eigenvalue weighted by Gasteiger charge is 2.32. The van der Waals surface area contributed by atoms with Crippen LogP contribution < -0.4 is 0 Å². The molecule has 0 bridgehead atoms. The van der Waals surface area contributed by atoms with Gasteiger partial charge >= 0.3 is 0 Å². The van der Waals surface area contributed by atoms with E-state index in [9.17, 15) is 17.6 Å². The molecule has 1 amide bonds. The Labute approximate surface area is 115 Å². The molecule has 1 aromatic rings. The summed E-state index contributed by atoms with van der Waals surface area (Å²) in [4.78, 5) is 13.3. The van der Waals surface area contributed by atoms with Crippen LogP contribution in [0.4, 0.5) is 4.39 Å². The molecule has 1 saturated heterocycles. The second kappa shape index (κ2) is 5.46. The van der Waals surface area contributed by atoms with Crippen LogP contribution in [0.25, 0.3) is 0 Å². The molecule has 0 spiro atoms. The molecule has 1 aromatic carbocycles. The average molecular weight is 306 g/mol. The summed E-state index contributed by atoms with van der Waals surface area (Å²) in [5.41, 5.74) is 0.683. The number of likely N-dealkylation sites (tertiary alicyclic amines) is 1. The third-order valence-electron chi connectivity index (χ3n) is 2.99. The van der Waals surface area contributed by atoms with Crippen molar-refractivity contribution < 1.29 is 17.6 Å². The van der Waals surface area contributed by atoms with E-state index in [0.717, 1.165) is 0 Å². The monoisotopic (exact) mass is 305 g/mol. The van der Waals surface area contributed by atoms with E-state index in [0.29, 0.717) is 12.1 Å². The molecule has 104 valence electrons. The predicted octanol–water partition coefficient (Wildman–Crippen LogP) is 1.74. The summed E-state index contributed by atoms with van der Waals surface area (Å²) in [6.45, 7) is 0.622. The largest absolute Gasteiger partial charge is 0.338 e. The van der Waals surface area contributed by atoms with Gasteiger partial charge in [0.05, 0.1) is 5.75 Å². The van der Waals surface area contributed by atoms with Crippen molar-refractivity contribution in [2.75, 3.05) is 12.3 Å². The van der Waals surface area contributed by atoms with Gasteiger partial charge in [0.15, 0.2) is 0 Å². The number of hydrogen-bond donors (Lipinski definition) is 0. The SMILES string of the molecule is O=C1CC(CS(=O)(=O)Cl)CN1Cc1cccc(F)c1. The molecular weight excluding hydrogens is 293 g/mol. The second-order valence-corrected chi connectivity index (χ2v) is 7.50. The van der Waals surface area contributed by atoms with Gasteiger partial charge in [-0.25, -0.2) is 12.8 Å². The van der Waals surface area contributed by atoms with Crippen molar-refractivity contribution in [3.05, 3.63) is 35.6 Å². The van der Waals surface area contributed by atoms with Gasteiger partial charge in [-0.2, -0.15) is 0 Å². The minimum Gasteiger partial charge on any atom is -0.338 e. The normalized spacial score (nSPS) is 20.0. The maximum atomic E-state index is 13.0. The molecule has 1 aliphatic heterocycles. The van der Waals surface area contributed by atoms with Crippen molar-refractivity contribution in [2.45, 2.75) is 13.0 Å². The molecule has 1 atom stereocenters. The molecule has 0 N–H and O–H groups in total. The molecule has 7 heteroatoms. The lowest BCUT2D eigenvalue weighted by Gasteiger charge is -2.16. The van der Waals surface area contributed by atoms with Crippen molar-refractivity contribution in [1.82, 2.24) is 4.90 Å². The Hall–Kier alpha value is -1.14. The molecule has 1 aliphatic rings. The van der Waals surface area contributed by atoms with Crippen LogP contribution in [-0.2, 0) is 20.4 Å². The minimum absolute atomic E-state index is 0.130. The summed E-state index contributed by atoms with van der Waals surface area (Å²) < 4.78 is 35.0. The minimum atomic E-state index is -3.60. The maximum absolute atomic E-state index is 13.0. The van der Waals surface area contributed by atoms with Gasteiger partial charge in [0.25, 0.3) is 0 Å². The lowest BCUT2D eigenvalue weighted by atomic mass is 10.1. The smallest absolute Gasteiger partial charge is 0.232 e. The molecule has 0 radical (unpaired) electrons. The van der Waals surface area contributed by atoms with Gasteiger partial charge in [0, 0.05) is 36.1 Å². The summed E-state index contributed by atoms with van der Waals surface area (Å²) in [6.07, 6.45) is 0.168. The van der Waals surface area contributed by atoms with E-state index >= 15 is 0 Å². The predicted molar refractivity (Wildman–Crippen MR) is 69.6 cm³/mol. The zero-order chi connectivity index (χ0) is 14.0. The topological polar surface area (TPSA) is 54.5 Å². The first-order valence-electron chi connectivity index (χ1n) is 5.78. The summed E-state index contributed by atoms with van der Waals surface area (Å²) in [5, 5.41) is 0. The van der Waals surface area contributed by atoms with E-state index in [-0.39, 0.29) is 36.4 Å². The van der Waals surface area contributed by atoms with Crippen molar-refractivity contribution in [1.29, 1.82) is 0 Å². The Morgan fingerprint density at radius 3 is 2.79 bits per heavy atom. The average Bonchev–Trinajstić information content (AvgIpc) is 2.56. The molecule has 0 aromatic heterocycles. The lowest BCUT2D eigenvalue weighted by Crippen LogP contribution is -2.25. The quantitative estimate of drug-likeness (QED) is 0.796. The number of benzene rings is 1. The van der Waals surface area contributed by atoms with Crippen LogP contribution in [0.3, 0.4) is 0 Å². The van der Waals surface area contributed by atoms with Crippen molar-refractivity contribution >= 4 is 25.6 Å². The van der Waals surface area contributed by atoms with E-state index in [1.165, 1.54) is 17.0 Å². The fraction of sp³-hybridized carbons (Fsp3) is 0.417. The number of rotatable bonds is 4. The fourth-order valence-corrected chi connectivity index (χ4v) is 3.58. The number of amides is 1. The van der Waals surface area contributed by atoms with E-state index in [2.05, 4.69) is 0 Å². The van der Waals surface area contributed by atoms with Crippen LogP contribution in [-0.4, -0.2) is 31.5 Å². The number of nitrogens with zero attached hydrogens (tertiary/aromatic N) is 1. The van der Waals surface area contributed by atoms with E-state index < -0.39 is 9.05 Å². The summed E-state index contributed by atoms with van der Waals surface area (Å²) in [7, 11) is 1.58. The Kier molecular flexibility index (Phi) is 4.10. The van der Waals surface area contributed by atoms with Gasteiger partial charge in [-0.3, -0.25) is 4.79 Å². The van der Waals surface area contributed by atoms with Gasteiger partial charge in [0.1, 0.15) is 5.82 Å². The first-order valence-corrected chi connectivity index (χ1v) is 8.26. The van der Waals surface area contributed by atoms with Crippen LogP contribution in [0.1, 0.15) is 12.0 Å². The molecule has 2 rings (SSSR count). The Bertz CT molecular complexity index is 590. The lowest BCUT2D eigenvalue weighted by molar-refractivity contribution is -0.128.